The number of carbonyl (C=O) groups excluding carboxylic acids is 1. The van der Waals surface area contributed by atoms with Crippen LogP contribution in [0.1, 0.15) is 58.8 Å². The average Bonchev–Trinajstić information content (AvgIpc) is 2.46. The number of unbranched alkanes of at least 4 members (excludes halogenated alkanes) is 2. The molecule has 0 aromatic carbocycles. The highest BCUT2D eigenvalue weighted by Gasteiger charge is 2.34. The van der Waals surface area contributed by atoms with Gasteiger partial charge in [0.25, 0.3) is 0 Å². The fourth-order valence-corrected chi connectivity index (χ4v) is 2.70. The van der Waals surface area contributed by atoms with E-state index in [-0.39, 0.29) is 11.9 Å². The van der Waals surface area contributed by atoms with Crippen molar-refractivity contribution in [2.45, 2.75) is 64.8 Å². The van der Waals surface area contributed by atoms with Crippen molar-refractivity contribution in [1.82, 2.24) is 5.32 Å². The molecular formula is C16H27NO3. The number of hydrogen-bond donors (Lipinski definition) is 2. The minimum atomic E-state index is -0.867. The first-order valence-corrected chi connectivity index (χ1v) is 7.78. The molecule has 1 aliphatic rings. The Labute approximate surface area is 121 Å². The van der Waals surface area contributed by atoms with Gasteiger partial charge < -0.3 is 10.4 Å². The highest BCUT2D eigenvalue weighted by atomic mass is 16.4. The minimum absolute atomic E-state index is 0.0925. The van der Waals surface area contributed by atoms with E-state index in [1.165, 1.54) is 12.8 Å². The van der Waals surface area contributed by atoms with Gasteiger partial charge >= 0.3 is 5.97 Å². The second kappa shape index (κ2) is 8.77. The first-order valence-electron chi connectivity index (χ1n) is 7.78. The monoisotopic (exact) mass is 281 g/mol. The normalized spacial score (nSPS) is 23.3. The number of hydrogen-bond acceptors (Lipinski definition) is 2. The molecule has 0 radical (unpaired) electrons. The van der Waals surface area contributed by atoms with E-state index >= 15 is 0 Å². The molecule has 0 fully saturated rings. The zero-order chi connectivity index (χ0) is 15.0. The van der Waals surface area contributed by atoms with E-state index in [1.54, 1.807) is 0 Å². The number of allylic oxidation sites excluding steroid dienone is 2. The molecule has 20 heavy (non-hydrogen) atoms. The lowest BCUT2D eigenvalue weighted by Crippen LogP contribution is -2.43. The molecule has 0 aromatic heterocycles. The highest BCUT2D eigenvalue weighted by Crippen LogP contribution is 2.26. The Balaban J connectivity index is 2.54. The zero-order valence-electron chi connectivity index (χ0n) is 12.6. The molecule has 4 heteroatoms. The van der Waals surface area contributed by atoms with Crippen LogP contribution >= 0.6 is 0 Å². The maximum Gasteiger partial charge on any atom is 0.307 e. The lowest BCUT2D eigenvalue weighted by molar-refractivity contribution is -0.147. The molecule has 0 bridgehead atoms. The third-order valence-electron chi connectivity index (χ3n) is 4.08. The third kappa shape index (κ3) is 4.99. The SMILES string of the molecule is CCCCCC(CC)NC(=O)C1CC=CCC1C(=O)O. The van der Waals surface area contributed by atoms with E-state index in [0.29, 0.717) is 12.8 Å². The number of aliphatic carboxylic acids is 1. The van der Waals surface area contributed by atoms with Crippen molar-refractivity contribution in [3.8, 4) is 0 Å². The Morgan fingerprint density at radius 2 is 1.85 bits per heavy atom. The Hall–Kier alpha value is -1.32. The van der Waals surface area contributed by atoms with Gasteiger partial charge in [-0.15, -0.1) is 0 Å². The molecule has 4 nitrogen and oxygen atoms in total. The van der Waals surface area contributed by atoms with Crippen molar-refractivity contribution in [1.29, 1.82) is 0 Å². The Bertz CT molecular complexity index is 352. The summed E-state index contributed by atoms with van der Waals surface area (Å²) >= 11 is 0. The second-order valence-corrected chi connectivity index (χ2v) is 5.60. The summed E-state index contributed by atoms with van der Waals surface area (Å²) in [5.41, 5.74) is 0. The van der Waals surface area contributed by atoms with Gasteiger partial charge in [0.2, 0.25) is 5.91 Å². The molecule has 1 amide bonds. The largest absolute Gasteiger partial charge is 0.481 e. The molecule has 0 aromatic rings. The molecule has 0 saturated carbocycles. The van der Waals surface area contributed by atoms with Gasteiger partial charge in [-0.25, -0.2) is 0 Å². The van der Waals surface area contributed by atoms with E-state index < -0.39 is 17.8 Å². The summed E-state index contributed by atoms with van der Waals surface area (Å²) in [4.78, 5) is 23.5. The molecule has 114 valence electrons. The van der Waals surface area contributed by atoms with E-state index in [9.17, 15) is 14.7 Å². The summed E-state index contributed by atoms with van der Waals surface area (Å²) in [5, 5.41) is 12.3. The van der Waals surface area contributed by atoms with Crippen molar-refractivity contribution in [2.24, 2.45) is 11.8 Å². The quantitative estimate of drug-likeness (QED) is 0.530. The van der Waals surface area contributed by atoms with Gasteiger partial charge in [0, 0.05) is 6.04 Å². The van der Waals surface area contributed by atoms with Crippen molar-refractivity contribution < 1.29 is 14.7 Å². The number of amides is 1. The number of rotatable bonds is 8. The predicted octanol–water partition coefficient (Wildman–Crippen LogP) is 3.13. The van der Waals surface area contributed by atoms with Crippen molar-refractivity contribution in [3.05, 3.63) is 12.2 Å². The topological polar surface area (TPSA) is 66.4 Å². The van der Waals surface area contributed by atoms with Crippen LogP contribution in [0.25, 0.3) is 0 Å². The molecule has 1 rings (SSSR count). The van der Waals surface area contributed by atoms with Crippen LogP contribution in [0.4, 0.5) is 0 Å². The van der Waals surface area contributed by atoms with Gasteiger partial charge in [-0.3, -0.25) is 9.59 Å². The molecule has 0 saturated heterocycles. The molecular weight excluding hydrogens is 254 g/mol. The average molecular weight is 281 g/mol. The zero-order valence-corrected chi connectivity index (χ0v) is 12.6. The molecule has 0 heterocycles. The van der Waals surface area contributed by atoms with Crippen molar-refractivity contribution >= 4 is 11.9 Å². The molecule has 0 spiro atoms. The number of carboxylic acids is 1. The minimum Gasteiger partial charge on any atom is -0.481 e. The predicted molar refractivity (Wildman–Crippen MR) is 79.4 cm³/mol. The smallest absolute Gasteiger partial charge is 0.307 e. The maximum absolute atomic E-state index is 12.3. The summed E-state index contributed by atoms with van der Waals surface area (Å²) < 4.78 is 0. The van der Waals surface area contributed by atoms with E-state index in [4.69, 9.17) is 0 Å². The van der Waals surface area contributed by atoms with Crippen LogP contribution in [0.3, 0.4) is 0 Å². The van der Waals surface area contributed by atoms with Gasteiger partial charge in [0.1, 0.15) is 0 Å². The van der Waals surface area contributed by atoms with Gasteiger partial charge in [-0.05, 0) is 25.7 Å². The van der Waals surface area contributed by atoms with Crippen LogP contribution in [0, 0.1) is 11.8 Å². The highest BCUT2D eigenvalue weighted by molar-refractivity contribution is 5.85. The van der Waals surface area contributed by atoms with Gasteiger partial charge in [0.05, 0.1) is 11.8 Å². The Kier molecular flexibility index (Phi) is 7.34. The lowest BCUT2D eigenvalue weighted by atomic mass is 9.82. The van der Waals surface area contributed by atoms with Gasteiger partial charge in [0.15, 0.2) is 0 Å². The van der Waals surface area contributed by atoms with Crippen LogP contribution in [0.2, 0.25) is 0 Å². The molecule has 1 aliphatic carbocycles. The number of carbonyl (C=O) groups is 2. The van der Waals surface area contributed by atoms with Crippen LogP contribution < -0.4 is 5.32 Å². The fraction of sp³-hybridized carbons (Fsp3) is 0.750. The van der Waals surface area contributed by atoms with Gasteiger partial charge in [-0.2, -0.15) is 0 Å². The second-order valence-electron chi connectivity index (χ2n) is 5.60. The van der Waals surface area contributed by atoms with Crippen LogP contribution in [0.15, 0.2) is 12.2 Å². The number of carboxylic acid groups (broad SMARTS) is 1. The van der Waals surface area contributed by atoms with E-state index in [1.807, 2.05) is 12.2 Å². The van der Waals surface area contributed by atoms with Crippen molar-refractivity contribution in [2.75, 3.05) is 0 Å². The van der Waals surface area contributed by atoms with Crippen LogP contribution in [-0.2, 0) is 9.59 Å². The lowest BCUT2D eigenvalue weighted by Gasteiger charge is -2.26. The first-order chi connectivity index (χ1) is 9.60. The Morgan fingerprint density at radius 3 is 2.40 bits per heavy atom. The molecule has 2 N–H and O–H groups in total. The van der Waals surface area contributed by atoms with E-state index in [2.05, 4.69) is 19.2 Å². The Morgan fingerprint density at radius 1 is 1.20 bits per heavy atom. The molecule has 3 unspecified atom stereocenters. The summed E-state index contributed by atoms with van der Waals surface area (Å²) in [6, 6.07) is 0.175. The van der Waals surface area contributed by atoms with Crippen molar-refractivity contribution in [3.63, 3.8) is 0 Å². The number of nitrogens with one attached hydrogen (secondary N) is 1. The summed E-state index contributed by atoms with van der Waals surface area (Å²) in [6.07, 6.45) is 10.1. The van der Waals surface area contributed by atoms with Crippen LogP contribution in [0.5, 0.6) is 0 Å². The maximum atomic E-state index is 12.3. The third-order valence-corrected chi connectivity index (χ3v) is 4.08. The molecule has 0 aliphatic heterocycles. The summed E-state index contributed by atoms with van der Waals surface area (Å²) in [7, 11) is 0. The fourth-order valence-electron chi connectivity index (χ4n) is 2.70. The van der Waals surface area contributed by atoms with Crippen LogP contribution in [-0.4, -0.2) is 23.0 Å². The molecule has 3 atom stereocenters. The van der Waals surface area contributed by atoms with Gasteiger partial charge in [-0.1, -0.05) is 45.3 Å². The summed E-state index contributed by atoms with van der Waals surface area (Å²) in [5.74, 6) is -1.95. The standard InChI is InChI=1S/C16H27NO3/c1-3-5-6-9-12(4-2)17-15(18)13-10-7-8-11-14(13)16(19)20/h7-8,12-14H,3-6,9-11H2,1-2H3,(H,17,18)(H,19,20). The summed E-state index contributed by atoms with van der Waals surface area (Å²) in [6.45, 7) is 4.22. The first kappa shape index (κ1) is 16.7. The van der Waals surface area contributed by atoms with E-state index in [0.717, 1.165) is 19.3 Å².